The number of rotatable bonds is 2. The van der Waals surface area contributed by atoms with Crippen molar-refractivity contribution in [3.8, 4) is 0 Å². The number of fused-ring (bicyclic) bond motifs is 1. The molecule has 0 spiro atoms. The number of carbonyl (C=O) groups excluding carboxylic acids is 1. The first kappa shape index (κ1) is 13.9. The van der Waals surface area contributed by atoms with Gasteiger partial charge in [-0.05, 0) is 51.2 Å². The number of nitrogens with two attached hydrogens (primary N) is 1. The lowest BCUT2D eigenvalue weighted by atomic mass is 10.0. The van der Waals surface area contributed by atoms with Gasteiger partial charge in [0.25, 0.3) is 5.91 Å². The van der Waals surface area contributed by atoms with Crippen LogP contribution < -0.4 is 5.73 Å². The number of hydrogen-bond acceptors (Lipinski definition) is 4. The first-order valence-corrected chi connectivity index (χ1v) is 7.25. The standard InChI is InChI=1S/C15H21N5O/c1-19-7-5-11(6-8-19)20(2)15(21)14-12-9-10(16)3-4-13(12)17-18-14/h3-4,9,11H,5-8,16H2,1-2H3,(H,17,18). The van der Waals surface area contributed by atoms with Crippen molar-refractivity contribution in [2.75, 3.05) is 32.9 Å². The van der Waals surface area contributed by atoms with Gasteiger partial charge in [-0.3, -0.25) is 9.89 Å². The Labute approximate surface area is 123 Å². The maximum atomic E-state index is 12.7. The summed E-state index contributed by atoms with van der Waals surface area (Å²) in [4.78, 5) is 16.8. The molecule has 1 aromatic carbocycles. The predicted octanol–water partition coefficient (Wildman–Crippen LogP) is 1.31. The maximum Gasteiger partial charge on any atom is 0.274 e. The van der Waals surface area contributed by atoms with Gasteiger partial charge in [0.15, 0.2) is 5.69 Å². The highest BCUT2D eigenvalue weighted by molar-refractivity contribution is 6.05. The molecule has 0 radical (unpaired) electrons. The molecule has 1 amide bonds. The molecule has 0 bridgehead atoms. The first-order valence-electron chi connectivity index (χ1n) is 7.25. The topological polar surface area (TPSA) is 78.2 Å². The lowest BCUT2D eigenvalue weighted by molar-refractivity contribution is 0.0655. The minimum Gasteiger partial charge on any atom is -0.399 e. The maximum absolute atomic E-state index is 12.7. The first-order chi connectivity index (χ1) is 10.1. The van der Waals surface area contributed by atoms with Gasteiger partial charge in [-0.25, -0.2) is 0 Å². The molecule has 0 unspecified atom stereocenters. The van der Waals surface area contributed by atoms with Gasteiger partial charge in [-0.1, -0.05) is 0 Å². The van der Waals surface area contributed by atoms with E-state index in [1.807, 2.05) is 18.0 Å². The van der Waals surface area contributed by atoms with Gasteiger partial charge in [-0.15, -0.1) is 0 Å². The van der Waals surface area contributed by atoms with Crippen molar-refractivity contribution in [2.45, 2.75) is 18.9 Å². The second kappa shape index (κ2) is 5.37. The Morgan fingerprint density at radius 1 is 1.43 bits per heavy atom. The van der Waals surface area contributed by atoms with Gasteiger partial charge in [0, 0.05) is 24.2 Å². The molecule has 6 nitrogen and oxygen atoms in total. The average Bonchev–Trinajstić information content (AvgIpc) is 2.89. The zero-order valence-electron chi connectivity index (χ0n) is 12.5. The van der Waals surface area contributed by atoms with Crippen molar-refractivity contribution < 1.29 is 4.79 Å². The number of aromatic amines is 1. The van der Waals surface area contributed by atoms with Crippen molar-refractivity contribution >= 4 is 22.5 Å². The van der Waals surface area contributed by atoms with E-state index in [9.17, 15) is 4.79 Å². The molecular weight excluding hydrogens is 266 g/mol. The highest BCUT2D eigenvalue weighted by Crippen LogP contribution is 2.22. The molecule has 3 N–H and O–H groups in total. The third-order valence-corrected chi connectivity index (χ3v) is 4.35. The van der Waals surface area contributed by atoms with Gasteiger partial charge in [0.05, 0.1) is 5.52 Å². The number of nitrogens with one attached hydrogen (secondary N) is 1. The van der Waals surface area contributed by atoms with E-state index >= 15 is 0 Å². The van der Waals surface area contributed by atoms with Crippen LogP contribution in [-0.2, 0) is 0 Å². The Balaban J connectivity index is 1.84. The fourth-order valence-electron chi connectivity index (χ4n) is 2.91. The second-order valence-corrected chi connectivity index (χ2v) is 5.83. The molecule has 0 saturated carbocycles. The number of aromatic nitrogens is 2. The van der Waals surface area contributed by atoms with Crippen LogP contribution in [-0.4, -0.2) is 59.1 Å². The minimum absolute atomic E-state index is 0.0404. The van der Waals surface area contributed by atoms with Gasteiger partial charge >= 0.3 is 0 Å². The molecule has 1 aliphatic heterocycles. The molecule has 21 heavy (non-hydrogen) atoms. The number of carbonyl (C=O) groups is 1. The number of likely N-dealkylation sites (tertiary alicyclic amines) is 1. The lowest BCUT2D eigenvalue weighted by Gasteiger charge is -2.34. The number of nitrogens with zero attached hydrogens (tertiary/aromatic N) is 3. The molecule has 3 rings (SSSR count). The predicted molar refractivity (Wildman–Crippen MR) is 83.1 cm³/mol. The van der Waals surface area contributed by atoms with Crippen molar-refractivity contribution in [1.82, 2.24) is 20.0 Å². The molecule has 1 saturated heterocycles. The molecule has 112 valence electrons. The van der Waals surface area contributed by atoms with E-state index in [-0.39, 0.29) is 11.9 Å². The average molecular weight is 287 g/mol. The van der Waals surface area contributed by atoms with E-state index in [0.717, 1.165) is 36.8 Å². The van der Waals surface area contributed by atoms with E-state index < -0.39 is 0 Å². The Morgan fingerprint density at radius 3 is 2.86 bits per heavy atom. The largest absolute Gasteiger partial charge is 0.399 e. The van der Waals surface area contributed by atoms with E-state index in [0.29, 0.717) is 11.4 Å². The summed E-state index contributed by atoms with van der Waals surface area (Å²) in [6.45, 7) is 2.05. The number of piperidine rings is 1. The van der Waals surface area contributed by atoms with Crippen LogP contribution in [0.5, 0.6) is 0 Å². The van der Waals surface area contributed by atoms with Crippen LogP contribution >= 0.6 is 0 Å². The third-order valence-electron chi connectivity index (χ3n) is 4.35. The third kappa shape index (κ3) is 2.58. The van der Waals surface area contributed by atoms with Crippen LogP contribution in [0.25, 0.3) is 10.9 Å². The monoisotopic (exact) mass is 287 g/mol. The molecular formula is C15H21N5O. The second-order valence-electron chi connectivity index (χ2n) is 5.83. The zero-order valence-corrected chi connectivity index (χ0v) is 12.5. The van der Waals surface area contributed by atoms with E-state index in [4.69, 9.17) is 5.73 Å². The van der Waals surface area contributed by atoms with Crippen LogP contribution in [0.3, 0.4) is 0 Å². The highest BCUT2D eigenvalue weighted by atomic mass is 16.2. The summed E-state index contributed by atoms with van der Waals surface area (Å²) in [7, 11) is 3.98. The number of nitrogen functional groups attached to an aromatic ring is 1. The summed E-state index contributed by atoms with van der Waals surface area (Å²) in [5.74, 6) is -0.0404. The number of hydrogen-bond donors (Lipinski definition) is 2. The quantitative estimate of drug-likeness (QED) is 0.816. The minimum atomic E-state index is -0.0404. The number of H-pyrrole nitrogens is 1. The SMILES string of the molecule is CN1CCC(N(C)C(=O)c2n[nH]c3ccc(N)cc23)CC1. The number of amides is 1. The Kier molecular flexibility index (Phi) is 3.55. The van der Waals surface area contributed by atoms with E-state index in [1.54, 1.807) is 12.1 Å². The van der Waals surface area contributed by atoms with Crippen LogP contribution in [0.1, 0.15) is 23.3 Å². The number of benzene rings is 1. The summed E-state index contributed by atoms with van der Waals surface area (Å²) >= 11 is 0. The normalized spacial score (nSPS) is 17.2. The van der Waals surface area contributed by atoms with Gasteiger partial charge in [0.2, 0.25) is 0 Å². The van der Waals surface area contributed by atoms with Crippen molar-refractivity contribution in [1.29, 1.82) is 0 Å². The zero-order chi connectivity index (χ0) is 15.0. The lowest BCUT2D eigenvalue weighted by Crippen LogP contribution is -2.44. The molecule has 0 atom stereocenters. The summed E-state index contributed by atoms with van der Waals surface area (Å²) in [5, 5.41) is 7.88. The Bertz CT molecular complexity index is 657. The van der Waals surface area contributed by atoms with E-state index in [2.05, 4.69) is 22.1 Å². The van der Waals surface area contributed by atoms with Crippen molar-refractivity contribution in [3.05, 3.63) is 23.9 Å². The summed E-state index contributed by atoms with van der Waals surface area (Å²) < 4.78 is 0. The van der Waals surface area contributed by atoms with Gasteiger partial charge in [0.1, 0.15) is 0 Å². The summed E-state index contributed by atoms with van der Waals surface area (Å²) in [5.41, 5.74) is 7.75. The summed E-state index contributed by atoms with van der Waals surface area (Å²) in [6.07, 6.45) is 2.01. The van der Waals surface area contributed by atoms with Crippen LogP contribution in [0.4, 0.5) is 5.69 Å². The fraction of sp³-hybridized carbons (Fsp3) is 0.467. The Hall–Kier alpha value is -2.08. The number of anilines is 1. The van der Waals surface area contributed by atoms with Crippen LogP contribution in [0, 0.1) is 0 Å². The van der Waals surface area contributed by atoms with E-state index in [1.165, 1.54) is 0 Å². The van der Waals surface area contributed by atoms with Crippen molar-refractivity contribution in [2.24, 2.45) is 0 Å². The molecule has 1 fully saturated rings. The molecule has 2 heterocycles. The molecule has 0 aliphatic carbocycles. The molecule has 1 aliphatic rings. The Morgan fingerprint density at radius 2 is 2.14 bits per heavy atom. The van der Waals surface area contributed by atoms with Crippen LogP contribution in [0.15, 0.2) is 18.2 Å². The molecule has 1 aromatic heterocycles. The van der Waals surface area contributed by atoms with Gasteiger partial charge < -0.3 is 15.5 Å². The molecule has 2 aromatic rings. The van der Waals surface area contributed by atoms with Crippen molar-refractivity contribution in [3.63, 3.8) is 0 Å². The summed E-state index contributed by atoms with van der Waals surface area (Å²) in [6, 6.07) is 5.73. The van der Waals surface area contributed by atoms with Gasteiger partial charge in [-0.2, -0.15) is 5.10 Å². The van der Waals surface area contributed by atoms with Crippen LogP contribution in [0.2, 0.25) is 0 Å². The fourth-order valence-corrected chi connectivity index (χ4v) is 2.91. The molecule has 6 heteroatoms. The smallest absolute Gasteiger partial charge is 0.274 e. The highest BCUT2D eigenvalue weighted by Gasteiger charge is 2.27.